The van der Waals surface area contributed by atoms with Crippen molar-refractivity contribution in [3.05, 3.63) is 107 Å². The molecule has 1 saturated heterocycles. The smallest absolute Gasteiger partial charge is 0.265 e. The number of nitrogens with zero attached hydrogens (tertiary/aromatic N) is 4. The van der Waals surface area contributed by atoms with Gasteiger partial charge in [-0.15, -0.1) is 0 Å². The van der Waals surface area contributed by atoms with Crippen LogP contribution >= 0.6 is 0 Å². The normalized spacial score (nSPS) is 20.5. The van der Waals surface area contributed by atoms with Gasteiger partial charge < -0.3 is 9.80 Å². The number of carbonyl (C=O) groups is 2. The number of aliphatic imine (C=N–C) groups is 1. The van der Waals surface area contributed by atoms with E-state index in [4.69, 9.17) is 4.99 Å². The molecule has 9 heteroatoms. The number of rotatable bonds is 8. The second-order valence-electron chi connectivity index (χ2n) is 11.3. The summed E-state index contributed by atoms with van der Waals surface area (Å²) in [6, 6.07) is 17.8. The molecule has 0 bridgehead atoms. The topological polar surface area (TPSA) is 56.2 Å². The highest BCUT2D eigenvalue weighted by molar-refractivity contribution is 6.09. The number of amides is 2. The van der Waals surface area contributed by atoms with Crippen molar-refractivity contribution >= 4 is 17.6 Å². The summed E-state index contributed by atoms with van der Waals surface area (Å²) < 4.78 is 41.1. The van der Waals surface area contributed by atoms with Crippen molar-refractivity contribution in [2.75, 3.05) is 40.3 Å². The van der Waals surface area contributed by atoms with Gasteiger partial charge in [0.15, 0.2) is 5.54 Å². The first-order valence-corrected chi connectivity index (χ1v) is 14.2. The molecule has 2 aliphatic rings. The van der Waals surface area contributed by atoms with Crippen LogP contribution in [0, 0.1) is 23.4 Å². The Balaban J connectivity index is 1.30. The van der Waals surface area contributed by atoms with Crippen LogP contribution in [0.25, 0.3) is 0 Å². The molecule has 2 unspecified atom stereocenters. The van der Waals surface area contributed by atoms with Crippen LogP contribution in [0.4, 0.5) is 13.2 Å². The molecule has 0 N–H and O–H groups in total. The van der Waals surface area contributed by atoms with Crippen LogP contribution in [0.2, 0.25) is 0 Å². The lowest BCUT2D eigenvalue weighted by Crippen LogP contribution is -2.47. The molecular formula is C33H35F3N4O2. The van der Waals surface area contributed by atoms with Gasteiger partial charge in [0.2, 0.25) is 5.91 Å². The van der Waals surface area contributed by atoms with E-state index in [1.807, 2.05) is 0 Å². The van der Waals surface area contributed by atoms with Crippen LogP contribution in [-0.4, -0.2) is 72.6 Å². The highest BCUT2D eigenvalue weighted by atomic mass is 19.1. The average molecular weight is 577 g/mol. The number of hydrogen-bond acceptors (Lipinski definition) is 4. The Kier molecular flexibility index (Phi) is 8.50. The lowest BCUT2D eigenvalue weighted by molar-refractivity contribution is -0.135. The molecule has 0 radical (unpaired) electrons. The summed E-state index contributed by atoms with van der Waals surface area (Å²) in [5, 5.41) is 0. The fourth-order valence-corrected chi connectivity index (χ4v) is 6.25. The molecule has 0 saturated carbocycles. The number of carbonyl (C=O) groups excluding carboxylic acids is 2. The van der Waals surface area contributed by atoms with Crippen LogP contribution in [0.5, 0.6) is 0 Å². The zero-order chi connectivity index (χ0) is 30.0. The zero-order valence-corrected chi connectivity index (χ0v) is 24.1. The van der Waals surface area contributed by atoms with Crippen molar-refractivity contribution in [1.82, 2.24) is 14.7 Å². The first-order chi connectivity index (χ1) is 20.1. The van der Waals surface area contributed by atoms with E-state index in [0.29, 0.717) is 43.0 Å². The molecule has 0 spiro atoms. The highest BCUT2D eigenvalue weighted by Crippen LogP contribution is 2.40. The monoisotopic (exact) mass is 576 g/mol. The Hall–Kier alpha value is -3.98. The second kappa shape index (κ2) is 12.1. The quantitative estimate of drug-likeness (QED) is 0.371. The van der Waals surface area contributed by atoms with Crippen molar-refractivity contribution in [3.63, 3.8) is 0 Å². The predicted octanol–water partition coefficient (Wildman–Crippen LogP) is 5.19. The summed E-state index contributed by atoms with van der Waals surface area (Å²) in [5.74, 6) is -1.12. The van der Waals surface area contributed by atoms with Gasteiger partial charge in [-0.1, -0.05) is 36.4 Å². The Morgan fingerprint density at radius 3 is 1.93 bits per heavy atom. The van der Waals surface area contributed by atoms with E-state index in [1.165, 1.54) is 36.4 Å². The number of likely N-dealkylation sites (tertiary alicyclic amines) is 1. The molecule has 2 heterocycles. The largest absolute Gasteiger partial charge is 0.349 e. The van der Waals surface area contributed by atoms with Crippen LogP contribution in [0.1, 0.15) is 42.4 Å². The van der Waals surface area contributed by atoms with Crippen molar-refractivity contribution in [2.45, 2.75) is 31.2 Å². The molecule has 6 nitrogen and oxygen atoms in total. The summed E-state index contributed by atoms with van der Waals surface area (Å²) in [6.07, 6.45) is 1.41. The van der Waals surface area contributed by atoms with E-state index in [1.54, 1.807) is 67.2 Å². The minimum atomic E-state index is -1.43. The number of amidine groups is 1. The molecule has 1 fully saturated rings. The molecule has 3 aromatic carbocycles. The molecule has 3 aromatic rings. The predicted molar refractivity (Wildman–Crippen MR) is 155 cm³/mol. The van der Waals surface area contributed by atoms with Crippen LogP contribution in [0.15, 0.2) is 77.8 Å². The summed E-state index contributed by atoms with van der Waals surface area (Å²) in [7, 11) is 3.50. The lowest BCUT2D eigenvalue weighted by Gasteiger charge is -2.39. The Morgan fingerprint density at radius 1 is 0.881 bits per heavy atom. The fraction of sp³-hybridized carbons (Fsp3) is 0.364. The van der Waals surface area contributed by atoms with E-state index < -0.39 is 17.2 Å². The van der Waals surface area contributed by atoms with Crippen LogP contribution < -0.4 is 0 Å². The number of halogens is 3. The molecule has 2 amide bonds. The summed E-state index contributed by atoms with van der Waals surface area (Å²) >= 11 is 0. The van der Waals surface area contributed by atoms with Crippen molar-refractivity contribution in [2.24, 2.45) is 10.9 Å². The van der Waals surface area contributed by atoms with Crippen LogP contribution in [0.3, 0.4) is 0 Å². The van der Waals surface area contributed by atoms with Gasteiger partial charge in [-0.25, -0.2) is 18.2 Å². The van der Waals surface area contributed by atoms with Crippen molar-refractivity contribution in [3.8, 4) is 0 Å². The standard InChI is InChI=1S/C33H35F3N4O2/c1-22-37-33(24-7-13-27(35)14-8-24,25-9-15-28(36)16-10-25)32(42)40(22)19-4-18-39-20-17-29(23-5-11-26(34)12-6-23)30(21-39)31(41)38(2)3/h5-16,29-30H,4,17-21H2,1-3H3. The van der Waals surface area contributed by atoms with E-state index in [-0.39, 0.29) is 29.5 Å². The van der Waals surface area contributed by atoms with Gasteiger partial charge in [-0.3, -0.25) is 14.5 Å². The van der Waals surface area contributed by atoms with Gasteiger partial charge in [-0.2, -0.15) is 0 Å². The average Bonchev–Trinajstić information content (AvgIpc) is 3.23. The van der Waals surface area contributed by atoms with E-state index >= 15 is 0 Å². The summed E-state index contributed by atoms with van der Waals surface area (Å²) in [5.41, 5.74) is 0.552. The van der Waals surface area contributed by atoms with Crippen LogP contribution in [-0.2, 0) is 15.1 Å². The maximum Gasteiger partial charge on any atom is 0.265 e. The minimum absolute atomic E-state index is 0.00155. The fourth-order valence-electron chi connectivity index (χ4n) is 6.25. The van der Waals surface area contributed by atoms with Crippen molar-refractivity contribution in [1.29, 1.82) is 0 Å². The Morgan fingerprint density at radius 2 is 1.40 bits per heavy atom. The molecule has 0 aliphatic carbocycles. The molecule has 220 valence electrons. The summed E-state index contributed by atoms with van der Waals surface area (Å²) in [4.78, 5) is 37.5. The number of benzene rings is 3. The molecule has 2 atom stereocenters. The second-order valence-corrected chi connectivity index (χ2v) is 11.3. The number of piperidine rings is 1. The summed E-state index contributed by atoms with van der Waals surface area (Å²) in [6.45, 7) is 4.18. The third kappa shape index (κ3) is 5.70. The van der Waals surface area contributed by atoms with E-state index in [9.17, 15) is 22.8 Å². The number of hydrogen-bond donors (Lipinski definition) is 0. The Bertz CT molecular complexity index is 1410. The highest BCUT2D eigenvalue weighted by Gasteiger charge is 2.50. The Labute approximate surface area is 244 Å². The van der Waals surface area contributed by atoms with Gasteiger partial charge in [0.1, 0.15) is 23.3 Å². The van der Waals surface area contributed by atoms with E-state index in [2.05, 4.69) is 4.90 Å². The van der Waals surface area contributed by atoms with Gasteiger partial charge in [0, 0.05) is 27.2 Å². The first kappa shape index (κ1) is 29.5. The molecule has 0 aromatic heterocycles. The third-order valence-electron chi connectivity index (χ3n) is 8.41. The third-order valence-corrected chi connectivity index (χ3v) is 8.41. The maximum atomic E-state index is 14.1. The molecule has 5 rings (SSSR count). The SMILES string of the molecule is CC1=NC(c2ccc(F)cc2)(c2ccc(F)cc2)C(=O)N1CCCN1CCC(c2ccc(F)cc2)C(C(=O)N(C)C)C1. The first-order valence-electron chi connectivity index (χ1n) is 14.2. The lowest BCUT2D eigenvalue weighted by atomic mass is 9.79. The maximum absolute atomic E-state index is 14.1. The zero-order valence-electron chi connectivity index (χ0n) is 24.1. The molecule has 2 aliphatic heterocycles. The molecule has 42 heavy (non-hydrogen) atoms. The van der Waals surface area contributed by atoms with Gasteiger partial charge in [-0.05, 0) is 91.9 Å². The van der Waals surface area contributed by atoms with Gasteiger partial charge >= 0.3 is 0 Å². The van der Waals surface area contributed by atoms with Crippen molar-refractivity contribution < 1.29 is 22.8 Å². The van der Waals surface area contributed by atoms with Gasteiger partial charge in [0.05, 0.1) is 5.92 Å². The van der Waals surface area contributed by atoms with E-state index in [0.717, 1.165) is 18.5 Å². The minimum Gasteiger partial charge on any atom is -0.349 e. The molecular weight excluding hydrogens is 541 g/mol. The van der Waals surface area contributed by atoms with Gasteiger partial charge in [0.25, 0.3) is 5.91 Å².